The molecule has 5 heteroatoms. The maximum atomic E-state index is 11.4. The van der Waals surface area contributed by atoms with E-state index in [1.54, 1.807) is 4.90 Å². The quantitative estimate of drug-likeness (QED) is 0.817. The van der Waals surface area contributed by atoms with E-state index in [2.05, 4.69) is 12.2 Å². The van der Waals surface area contributed by atoms with Crippen LogP contribution in [0, 0.1) is 0 Å². The molecule has 1 atom stereocenters. The Morgan fingerprint density at radius 1 is 1.47 bits per heavy atom. The van der Waals surface area contributed by atoms with Crippen LogP contribution in [0.4, 0.5) is 4.79 Å². The highest BCUT2D eigenvalue weighted by molar-refractivity contribution is 5.76. The van der Waals surface area contributed by atoms with Crippen molar-refractivity contribution in [3.63, 3.8) is 0 Å². The lowest BCUT2D eigenvalue weighted by Gasteiger charge is -2.18. The summed E-state index contributed by atoms with van der Waals surface area (Å²) in [5.41, 5.74) is 7.08. The molecule has 0 unspecified atom stereocenters. The van der Waals surface area contributed by atoms with Gasteiger partial charge in [-0.2, -0.15) is 0 Å². The lowest BCUT2D eigenvalue weighted by Crippen LogP contribution is -2.32. The van der Waals surface area contributed by atoms with E-state index in [0.29, 0.717) is 13.2 Å². The molecule has 1 aliphatic heterocycles. The number of ether oxygens (including phenoxy) is 1. The molecule has 1 aromatic rings. The highest BCUT2D eigenvalue weighted by Crippen LogP contribution is 2.25. The van der Waals surface area contributed by atoms with Crippen molar-refractivity contribution in [2.75, 3.05) is 26.2 Å². The van der Waals surface area contributed by atoms with Crippen LogP contribution in [-0.2, 0) is 0 Å². The summed E-state index contributed by atoms with van der Waals surface area (Å²) >= 11 is 0. The normalized spacial score (nSPS) is 16.3. The van der Waals surface area contributed by atoms with Crippen molar-refractivity contribution in [2.24, 2.45) is 5.73 Å². The van der Waals surface area contributed by atoms with Gasteiger partial charge in [-0.15, -0.1) is 0 Å². The van der Waals surface area contributed by atoms with E-state index < -0.39 is 0 Å². The average Bonchev–Trinajstić information content (AvgIpc) is 2.84. The highest BCUT2D eigenvalue weighted by atomic mass is 16.5. The van der Waals surface area contributed by atoms with Gasteiger partial charge < -0.3 is 20.7 Å². The van der Waals surface area contributed by atoms with Gasteiger partial charge in [0, 0.05) is 24.7 Å². The van der Waals surface area contributed by atoms with Crippen LogP contribution < -0.4 is 15.8 Å². The Labute approximate surface area is 113 Å². The third-order valence-electron chi connectivity index (χ3n) is 3.32. The number of urea groups is 1. The molecular weight excluding hydrogens is 242 g/mol. The second-order valence-electron chi connectivity index (χ2n) is 4.62. The van der Waals surface area contributed by atoms with Gasteiger partial charge in [0.2, 0.25) is 0 Å². The highest BCUT2D eigenvalue weighted by Gasteiger charge is 2.19. The molecule has 2 amide bonds. The molecular formula is C14H21N3O2. The van der Waals surface area contributed by atoms with E-state index in [0.717, 1.165) is 30.8 Å². The molecule has 1 heterocycles. The lowest BCUT2D eigenvalue weighted by molar-refractivity contribution is 0.202. The number of hydrogen-bond acceptors (Lipinski definition) is 3. The van der Waals surface area contributed by atoms with Crippen molar-refractivity contribution in [1.29, 1.82) is 0 Å². The third kappa shape index (κ3) is 3.38. The molecule has 0 radical (unpaired) electrons. The molecule has 0 aromatic heterocycles. The molecule has 0 bridgehead atoms. The van der Waals surface area contributed by atoms with E-state index in [1.165, 1.54) is 0 Å². The van der Waals surface area contributed by atoms with Gasteiger partial charge >= 0.3 is 6.03 Å². The summed E-state index contributed by atoms with van der Waals surface area (Å²) in [5.74, 6) is 0.816. The summed E-state index contributed by atoms with van der Waals surface area (Å²) in [5, 5.41) is 2.77. The molecule has 1 aromatic carbocycles. The molecule has 104 valence electrons. The standard InChI is InChI=1S/C14H21N3O2/c1-2-12(15)11-5-3-4-6-13(11)19-10-9-17-8-7-16-14(17)18/h3-6,12H,2,7-10,15H2,1H3,(H,16,18)/t12-/m1/s1. The van der Waals surface area contributed by atoms with Crippen molar-refractivity contribution in [2.45, 2.75) is 19.4 Å². The molecule has 1 aliphatic rings. The topological polar surface area (TPSA) is 67.6 Å². The Morgan fingerprint density at radius 3 is 2.95 bits per heavy atom. The Balaban J connectivity index is 1.90. The molecule has 0 saturated carbocycles. The van der Waals surface area contributed by atoms with Crippen LogP contribution in [0.3, 0.4) is 0 Å². The Hall–Kier alpha value is -1.75. The summed E-state index contributed by atoms with van der Waals surface area (Å²) in [6.45, 7) is 4.60. The van der Waals surface area contributed by atoms with E-state index in [4.69, 9.17) is 10.5 Å². The molecule has 5 nitrogen and oxygen atoms in total. The van der Waals surface area contributed by atoms with E-state index in [1.807, 2.05) is 24.3 Å². The largest absolute Gasteiger partial charge is 0.491 e. The second-order valence-corrected chi connectivity index (χ2v) is 4.62. The summed E-state index contributed by atoms with van der Waals surface area (Å²) in [4.78, 5) is 13.1. The monoisotopic (exact) mass is 263 g/mol. The van der Waals surface area contributed by atoms with Crippen LogP contribution in [-0.4, -0.2) is 37.2 Å². The van der Waals surface area contributed by atoms with Gasteiger partial charge in [-0.05, 0) is 12.5 Å². The summed E-state index contributed by atoms with van der Waals surface area (Å²) in [6, 6.07) is 7.80. The first-order valence-corrected chi connectivity index (χ1v) is 6.72. The third-order valence-corrected chi connectivity index (χ3v) is 3.32. The van der Waals surface area contributed by atoms with E-state index in [9.17, 15) is 4.79 Å². The van der Waals surface area contributed by atoms with Gasteiger partial charge in [-0.3, -0.25) is 0 Å². The van der Waals surface area contributed by atoms with Crippen molar-refractivity contribution in [3.8, 4) is 5.75 Å². The number of rotatable bonds is 6. The molecule has 0 aliphatic carbocycles. The first kappa shape index (κ1) is 13.7. The fraction of sp³-hybridized carbons (Fsp3) is 0.500. The minimum Gasteiger partial charge on any atom is -0.491 e. The van der Waals surface area contributed by atoms with Crippen molar-refractivity contribution in [1.82, 2.24) is 10.2 Å². The smallest absolute Gasteiger partial charge is 0.317 e. The molecule has 1 saturated heterocycles. The van der Waals surface area contributed by atoms with Gasteiger partial charge in [0.1, 0.15) is 12.4 Å². The van der Waals surface area contributed by atoms with Crippen molar-refractivity contribution in [3.05, 3.63) is 29.8 Å². The van der Waals surface area contributed by atoms with Crippen LogP contribution in [0.25, 0.3) is 0 Å². The fourth-order valence-corrected chi connectivity index (χ4v) is 2.13. The summed E-state index contributed by atoms with van der Waals surface area (Å²) in [6.07, 6.45) is 0.870. The first-order valence-electron chi connectivity index (χ1n) is 6.72. The number of para-hydroxylation sites is 1. The van der Waals surface area contributed by atoms with Crippen LogP contribution in [0.2, 0.25) is 0 Å². The Morgan fingerprint density at radius 2 is 2.26 bits per heavy atom. The van der Waals surface area contributed by atoms with Gasteiger partial charge in [0.25, 0.3) is 0 Å². The zero-order valence-corrected chi connectivity index (χ0v) is 11.3. The van der Waals surface area contributed by atoms with Gasteiger partial charge in [-0.1, -0.05) is 25.1 Å². The van der Waals surface area contributed by atoms with Gasteiger partial charge in [0.15, 0.2) is 0 Å². The maximum absolute atomic E-state index is 11.4. The van der Waals surface area contributed by atoms with Crippen LogP contribution >= 0.6 is 0 Å². The number of carbonyl (C=O) groups is 1. The minimum absolute atomic E-state index is 0.00807. The molecule has 3 N–H and O–H groups in total. The fourth-order valence-electron chi connectivity index (χ4n) is 2.13. The molecule has 2 rings (SSSR count). The van der Waals surface area contributed by atoms with Crippen LogP contribution in [0.15, 0.2) is 24.3 Å². The Bertz CT molecular complexity index is 436. The number of nitrogens with one attached hydrogen (secondary N) is 1. The van der Waals surface area contributed by atoms with E-state index >= 15 is 0 Å². The van der Waals surface area contributed by atoms with Gasteiger partial charge in [-0.25, -0.2) is 4.79 Å². The first-order chi connectivity index (χ1) is 9.22. The molecule has 19 heavy (non-hydrogen) atoms. The predicted molar refractivity (Wildman–Crippen MR) is 74.1 cm³/mol. The molecule has 1 fully saturated rings. The Kier molecular flexibility index (Phi) is 4.63. The maximum Gasteiger partial charge on any atom is 0.317 e. The van der Waals surface area contributed by atoms with Crippen LogP contribution in [0.5, 0.6) is 5.75 Å². The number of hydrogen-bond donors (Lipinski definition) is 2. The van der Waals surface area contributed by atoms with Crippen molar-refractivity contribution >= 4 is 6.03 Å². The number of nitrogens with zero attached hydrogens (tertiary/aromatic N) is 1. The zero-order chi connectivity index (χ0) is 13.7. The van der Waals surface area contributed by atoms with Crippen molar-refractivity contribution < 1.29 is 9.53 Å². The number of carbonyl (C=O) groups excluding carboxylic acids is 1. The van der Waals surface area contributed by atoms with E-state index in [-0.39, 0.29) is 12.1 Å². The minimum atomic E-state index is -0.0119. The summed E-state index contributed by atoms with van der Waals surface area (Å²) in [7, 11) is 0. The SMILES string of the molecule is CC[C@@H](N)c1ccccc1OCCN1CCNC1=O. The molecule has 0 spiro atoms. The average molecular weight is 263 g/mol. The number of amides is 2. The second kappa shape index (κ2) is 6.43. The van der Waals surface area contributed by atoms with Gasteiger partial charge in [0.05, 0.1) is 6.54 Å². The lowest BCUT2D eigenvalue weighted by atomic mass is 10.0. The number of nitrogens with two attached hydrogens (primary N) is 1. The van der Waals surface area contributed by atoms with Crippen LogP contribution in [0.1, 0.15) is 24.9 Å². The zero-order valence-electron chi connectivity index (χ0n) is 11.3. The number of benzene rings is 1. The predicted octanol–water partition coefficient (Wildman–Crippen LogP) is 1.50. The summed E-state index contributed by atoms with van der Waals surface area (Å²) < 4.78 is 5.77.